The molecule has 0 fully saturated rings. The molecule has 0 heterocycles. The Kier molecular flexibility index (Phi) is 10.1. The highest BCUT2D eigenvalue weighted by atomic mass is 16.6. The standard InChI is InChI=1S/C12H23NO6/c1-9(15)4-5-13-12(16)18-8-11(7-17-3)19-10(2)6-14/h10-11,14H,4-8H2,1-3H3,(H,13,16). The molecule has 2 N–H and O–H groups in total. The number of rotatable bonds is 10. The molecule has 0 aliphatic rings. The zero-order valence-electron chi connectivity index (χ0n) is 11.7. The van der Waals surface area contributed by atoms with E-state index in [0.29, 0.717) is 0 Å². The van der Waals surface area contributed by atoms with Crippen LogP contribution in [0.25, 0.3) is 0 Å². The van der Waals surface area contributed by atoms with Crippen molar-refractivity contribution < 1.29 is 28.9 Å². The van der Waals surface area contributed by atoms with E-state index >= 15 is 0 Å². The van der Waals surface area contributed by atoms with Crippen LogP contribution in [0.4, 0.5) is 4.79 Å². The first-order chi connectivity index (χ1) is 8.99. The summed E-state index contributed by atoms with van der Waals surface area (Å²) in [6.45, 7) is 3.55. The molecule has 0 radical (unpaired) electrons. The molecular weight excluding hydrogens is 254 g/mol. The maximum atomic E-state index is 11.3. The van der Waals surface area contributed by atoms with Crippen molar-refractivity contribution in [1.29, 1.82) is 0 Å². The third-order valence-corrected chi connectivity index (χ3v) is 2.18. The summed E-state index contributed by atoms with van der Waals surface area (Å²) in [5, 5.41) is 11.3. The van der Waals surface area contributed by atoms with Crippen molar-refractivity contribution >= 4 is 11.9 Å². The Morgan fingerprint density at radius 3 is 2.53 bits per heavy atom. The zero-order valence-corrected chi connectivity index (χ0v) is 11.7. The van der Waals surface area contributed by atoms with Crippen LogP contribution in [0.2, 0.25) is 0 Å². The van der Waals surface area contributed by atoms with Gasteiger partial charge in [-0.3, -0.25) is 4.79 Å². The predicted octanol–water partition coefficient (Wildman–Crippen LogP) is 0.104. The van der Waals surface area contributed by atoms with Gasteiger partial charge in [-0.25, -0.2) is 4.79 Å². The van der Waals surface area contributed by atoms with Gasteiger partial charge in [0.1, 0.15) is 18.5 Å². The van der Waals surface area contributed by atoms with Crippen molar-refractivity contribution in [2.75, 3.05) is 33.5 Å². The number of ketones is 1. The van der Waals surface area contributed by atoms with E-state index in [9.17, 15) is 9.59 Å². The molecule has 0 bridgehead atoms. The summed E-state index contributed by atoms with van der Waals surface area (Å²) in [7, 11) is 1.51. The summed E-state index contributed by atoms with van der Waals surface area (Å²) < 4.78 is 15.3. The first kappa shape index (κ1) is 17.8. The quantitative estimate of drug-likeness (QED) is 0.588. The molecule has 2 unspecified atom stereocenters. The van der Waals surface area contributed by atoms with Gasteiger partial charge < -0.3 is 24.6 Å². The first-order valence-electron chi connectivity index (χ1n) is 6.14. The van der Waals surface area contributed by atoms with Crippen molar-refractivity contribution in [1.82, 2.24) is 5.32 Å². The van der Waals surface area contributed by atoms with Crippen LogP contribution in [-0.4, -0.2) is 62.7 Å². The topological polar surface area (TPSA) is 94.1 Å². The second-order valence-electron chi connectivity index (χ2n) is 4.18. The number of methoxy groups -OCH3 is 1. The molecule has 0 saturated heterocycles. The van der Waals surface area contributed by atoms with Gasteiger partial charge in [0.05, 0.1) is 19.3 Å². The summed E-state index contributed by atoms with van der Waals surface area (Å²) in [6, 6.07) is 0. The minimum atomic E-state index is -0.609. The fourth-order valence-electron chi connectivity index (χ4n) is 1.24. The number of alkyl carbamates (subject to hydrolysis) is 1. The van der Waals surface area contributed by atoms with E-state index in [1.807, 2.05) is 0 Å². The van der Waals surface area contributed by atoms with Gasteiger partial charge in [-0.2, -0.15) is 0 Å². The summed E-state index contributed by atoms with van der Waals surface area (Å²) in [4.78, 5) is 22.0. The molecule has 0 aromatic heterocycles. The number of carbonyl (C=O) groups excluding carboxylic acids is 2. The fourth-order valence-corrected chi connectivity index (χ4v) is 1.24. The number of nitrogens with one attached hydrogen (secondary N) is 1. The average molecular weight is 277 g/mol. The fraction of sp³-hybridized carbons (Fsp3) is 0.833. The Balaban J connectivity index is 3.89. The maximum absolute atomic E-state index is 11.3. The number of carbonyl (C=O) groups is 2. The van der Waals surface area contributed by atoms with E-state index in [1.165, 1.54) is 14.0 Å². The molecule has 0 aliphatic carbocycles. The van der Waals surface area contributed by atoms with Crippen LogP contribution >= 0.6 is 0 Å². The normalized spacial score (nSPS) is 13.7. The van der Waals surface area contributed by atoms with Crippen LogP contribution in [-0.2, 0) is 19.0 Å². The first-order valence-corrected chi connectivity index (χ1v) is 6.14. The van der Waals surface area contributed by atoms with Crippen LogP contribution in [0.3, 0.4) is 0 Å². The van der Waals surface area contributed by atoms with Crippen molar-refractivity contribution in [2.45, 2.75) is 32.5 Å². The van der Waals surface area contributed by atoms with Gasteiger partial charge >= 0.3 is 6.09 Å². The Morgan fingerprint density at radius 1 is 1.32 bits per heavy atom. The van der Waals surface area contributed by atoms with Crippen LogP contribution in [0.15, 0.2) is 0 Å². The smallest absolute Gasteiger partial charge is 0.407 e. The third-order valence-electron chi connectivity index (χ3n) is 2.18. The average Bonchev–Trinajstić information content (AvgIpc) is 2.35. The number of aliphatic hydroxyl groups excluding tert-OH is 1. The molecule has 2 atom stereocenters. The van der Waals surface area contributed by atoms with Crippen molar-refractivity contribution in [3.8, 4) is 0 Å². The summed E-state index contributed by atoms with van der Waals surface area (Å²) in [6.07, 6.45) is -1.13. The molecule has 7 heteroatoms. The summed E-state index contributed by atoms with van der Waals surface area (Å²) >= 11 is 0. The van der Waals surface area contributed by atoms with Gasteiger partial charge in [0.15, 0.2) is 0 Å². The lowest BCUT2D eigenvalue weighted by Gasteiger charge is -2.20. The van der Waals surface area contributed by atoms with Gasteiger partial charge in [0.2, 0.25) is 0 Å². The number of hydrogen-bond acceptors (Lipinski definition) is 6. The predicted molar refractivity (Wildman–Crippen MR) is 67.9 cm³/mol. The van der Waals surface area contributed by atoms with E-state index in [-0.39, 0.29) is 44.7 Å². The number of amides is 1. The van der Waals surface area contributed by atoms with Gasteiger partial charge in [0, 0.05) is 20.1 Å². The molecule has 0 saturated carbocycles. The van der Waals surface area contributed by atoms with Crippen molar-refractivity contribution in [2.24, 2.45) is 0 Å². The van der Waals surface area contributed by atoms with E-state index in [2.05, 4.69) is 5.32 Å². The number of Topliss-reactive ketones (excluding diaryl/α,β-unsaturated/α-hetero) is 1. The molecular formula is C12H23NO6. The van der Waals surface area contributed by atoms with Crippen molar-refractivity contribution in [3.05, 3.63) is 0 Å². The molecule has 1 amide bonds. The minimum absolute atomic E-state index is 0.00216. The van der Waals surface area contributed by atoms with Gasteiger partial charge in [0.25, 0.3) is 0 Å². The van der Waals surface area contributed by atoms with E-state index in [0.717, 1.165) is 0 Å². The van der Waals surface area contributed by atoms with Gasteiger partial charge in [-0.15, -0.1) is 0 Å². The Bertz CT molecular complexity index is 271. The van der Waals surface area contributed by atoms with E-state index < -0.39 is 12.2 Å². The van der Waals surface area contributed by atoms with Crippen LogP contribution < -0.4 is 5.32 Å². The van der Waals surface area contributed by atoms with E-state index in [4.69, 9.17) is 19.3 Å². The molecule has 0 spiro atoms. The monoisotopic (exact) mass is 277 g/mol. The SMILES string of the molecule is COCC(COC(=O)NCCC(C)=O)OC(C)CO. The highest BCUT2D eigenvalue weighted by Gasteiger charge is 2.15. The molecule has 19 heavy (non-hydrogen) atoms. The maximum Gasteiger partial charge on any atom is 0.407 e. The minimum Gasteiger partial charge on any atom is -0.447 e. The van der Waals surface area contributed by atoms with Crippen LogP contribution in [0, 0.1) is 0 Å². The Hall–Kier alpha value is -1.18. The summed E-state index contributed by atoms with van der Waals surface area (Å²) in [5.74, 6) is -0.00216. The van der Waals surface area contributed by atoms with Crippen LogP contribution in [0.1, 0.15) is 20.3 Å². The number of ether oxygens (including phenoxy) is 3. The molecule has 0 aromatic rings. The number of hydrogen-bond donors (Lipinski definition) is 2. The van der Waals surface area contributed by atoms with Gasteiger partial charge in [-0.05, 0) is 13.8 Å². The second-order valence-corrected chi connectivity index (χ2v) is 4.18. The van der Waals surface area contributed by atoms with Gasteiger partial charge in [-0.1, -0.05) is 0 Å². The largest absolute Gasteiger partial charge is 0.447 e. The lowest BCUT2D eigenvalue weighted by Crippen LogP contribution is -2.34. The highest BCUT2D eigenvalue weighted by molar-refractivity contribution is 5.76. The Labute approximate surface area is 113 Å². The summed E-state index contributed by atoms with van der Waals surface area (Å²) in [5.41, 5.74) is 0. The number of aliphatic hydroxyl groups is 1. The molecule has 112 valence electrons. The lowest BCUT2D eigenvalue weighted by molar-refractivity contribution is -0.116. The molecule has 0 rings (SSSR count). The highest BCUT2D eigenvalue weighted by Crippen LogP contribution is 2.00. The second kappa shape index (κ2) is 10.7. The molecule has 0 aromatic carbocycles. The lowest BCUT2D eigenvalue weighted by atomic mass is 10.3. The molecule has 0 aliphatic heterocycles. The third kappa shape index (κ3) is 10.4. The van der Waals surface area contributed by atoms with Crippen molar-refractivity contribution in [3.63, 3.8) is 0 Å². The zero-order chi connectivity index (χ0) is 14.7. The Morgan fingerprint density at radius 2 is 2.00 bits per heavy atom. The van der Waals surface area contributed by atoms with Crippen LogP contribution in [0.5, 0.6) is 0 Å². The molecule has 7 nitrogen and oxygen atoms in total. The van der Waals surface area contributed by atoms with E-state index in [1.54, 1.807) is 6.92 Å².